The van der Waals surface area contributed by atoms with E-state index in [0.717, 1.165) is 10.4 Å². The molecule has 2 aromatic rings. The summed E-state index contributed by atoms with van der Waals surface area (Å²) in [6.07, 6.45) is 3.72. The lowest BCUT2D eigenvalue weighted by molar-refractivity contribution is 0.0519. The van der Waals surface area contributed by atoms with Crippen molar-refractivity contribution in [1.29, 1.82) is 0 Å². The molecular weight excluding hydrogens is 264 g/mol. The first-order chi connectivity index (χ1) is 9.10. The van der Waals surface area contributed by atoms with Gasteiger partial charge in [-0.25, -0.2) is 9.78 Å². The van der Waals surface area contributed by atoms with Gasteiger partial charge in [0.2, 0.25) is 0 Å². The summed E-state index contributed by atoms with van der Waals surface area (Å²) in [5.41, 5.74) is 1.45. The summed E-state index contributed by atoms with van der Waals surface area (Å²) in [6.45, 7) is 4.62. The van der Waals surface area contributed by atoms with Crippen molar-refractivity contribution in [3.63, 3.8) is 0 Å². The molecule has 0 saturated heterocycles. The van der Waals surface area contributed by atoms with Crippen LogP contribution in [0.3, 0.4) is 0 Å². The minimum atomic E-state index is -0.370. The monoisotopic (exact) mass is 280 g/mol. The number of thiazole rings is 1. The van der Waals surface area contributed by atoms with Crippen LogP contribution >= 0.6 is 11.3 Å². The van der Waals surface area contributed by atoms with Crippen LogP contribution in [0, 0.1) is 6.92 Å². The van der Waals surface area contributed by atoms with Crippen LogP contribution in [0.1, 0.15) is 27.9 Å². The number of carbonyl (C=O) groups excluding carboxylic acids is 1. The molecule has 0 aromatic carbocycles. The first-order valence-electron chi connectivity index (χ1n) is 5.96. The van der Waals surface area contributed by atoms with Crippen LogP contribution in [0.5, 0.6) is 0 Å². The zero-order valence-electron chi connectivity index (χ0n) is 11.1. The number of nitrogens with zero attached hydrogens (tertiary/aromatic N) is 3. The molecule has 0 aliphatic carbocycles. The van der Waals surface area contributed by atoms with Crippen molar-refractivity contribution in [2.24, 2.45) is 7.05 Å². The Morgan fingerprint density at radius 2 is 2.37 bits per heavy atom. The fourth-order valence-electron chi connectivity index (χ4n) is 1.60. The van der Waals surface area contributed by atoms with Crippen molar-refractivity contribution < 1.29 is 9.53 Å². The van der Waals surface area contributed by atoms with Crippen LogP contribution in [0.25, 0.3) is 0 Å². The third-order valence-electron chi connectivity index (χ3n) is 2.47. The minimum absolute atomic E-state index is 0.355. The first kappa shape index (κ1) is 13.5. The highest BCUT2D eigenvalue weighted by atomic mass is 32.1. The molecule has 0 aliphatic rings. The maximum atomic E-state index is 11.6. The predicted octanol–water partition coefficient (Wildman–Crippen LogP) is 1.97. The van der Waals surface area contributed by atoms with E-state index in [1.165, 1.54) is 11.3 Å². The van der Waals surface area contributed by atoms with Gasteiger partial charge in [-0.05, 0) is 13.8 Å². The Balaban J connectivity index is 2.01. The number of hydrogen-bond acceptors (Lipinski definition) is 6. The number of aryl methyl sites for hydroxylation is 2. The zero-order chi connectivity index (χ0) is 13.8. The predicted molar refractivity (Wildman–Crippen MR) is 73.3 cm³/mol. The van der Waals surface area contributed by atoms with Gasteiger partial charge in [-0.3, -0.25) is 4.68 Å². The van der Waals surface area contributed by atoms with Gasteiger partial charge in [-0.2, -0.15) is 5.10 Å². The van der Waals surface area contributed by atoms with Crippen LogP contribution in [0.4, 0.5) is 5.13 Å². The van der Waals surface area contributed by atoms with Crippen molar-refractivity contribution in [2.75, 3.05) is 11.9 Å². The number of esters is 1. The molecule has 2 heterocycles. The van der Waals surface area contributed by atoms with Gasteiger partial charge in [0.15, 0.2) is 10.8 Å². The molecule has 0 spiro atoms. The Labute approximate surface area is 115 Å². The number of rotatable bonds is 5. The third-order valence-corrected chi connectivity index (χ3v) is 3.40. The average molecular weight is 280 g/mol. The summed E-state index contributed by atoms with van der Waals surface area (Å²) in [7, 11) is 1.87. The smallest absolute Gasteiger partial charge is 0.358 e. The van der Waals surface area contributed by atoms with Gasteiger partial charge in [-0.1, -0.05) is 0 Å². The highest BCUT2D eigenvalue weighted by Gasteiger charge is 2.16. The molecule has 102 valence electrons. The molecule has 0 saturated carbocycles. The van der Waals surface area contributed by atoms with Crippen molar-refractivity contribution in [3.8, 4) is 0 Å². The Morgan fingerprint density at radius 3 is 3.00 bits per heavy atom. The number of hydrogen-bond donors (Lipinski definition) is 1. The maximum absolute atomic E-state index is 11.6. The Bertz CT molecular complexity index is 576. The second kappa shape index (κ2) is 5.83. The maximum Gasteiger partial charge on any atom is 0.358 e. The molecule has 0 aliphatic heterocycles. The molecule has 1 N–H and O–H groups in total. The van der Waals surface area contributed by atoms with Crippen LogP contribution < -0.4 is 5.32 Å². The van der Waals surface area contributed by atoms with Crippen LogP contribution in [0.15, 0.2) is 12.4 Å². The van der Waals surface area contributed by atoms with Gasteiger partial charge in [0.1, 0.15) is 0 Å². The van der Waals surface area contributed by atoms with Crippen molar-refractivity contribution in [3.05, 3.63) is 28.5 Å². The van der Waals surface area contributed by atoms with Gasteiger partial charge in [0, 0.05) is 30.2 Å². The molecule has 2 rings (SSSR count). The molecule has 19 heavy (non-hydrogen) atoms. The highest BCUT2D eigenvalue weighted by molar-refractivity contribution is 7.15. The summed E-state index contributed by atoms with van der Waals surface area (Å²) in [6, 6.07) is 0. The van der Waals surface area contributed by atoms with E-state index >= 15 is 0 Å². The van der Waals surface area contributed by atoms with Crippen LogP contribution in [-0.4, -0.2) is 27.3 Å². The van der Waals surface area contributed by atoms with E-state index in [-0.39, 0.29) is 5.97 Å². The summed E-state index contributed by atoms with van der Waals surface area (Å²) in [5, 5.41) is 7.98. The van der Waals surface area contributed by atoms with E-state index in [1.54, 1.807) is 17.8 Å². The van der Waals surface area contributed by atoms with Gasteiger partial charge in [0.25, 0.3) is 0 Å². The highest BCUT2D eigenvalue weighted by Crippen LogP contribution is 2.23. The standard InChI is InChI=1S/C12H16N4O2S/c1-4-18-11(17)10-8(2)19-12(15-10)13-5-9-6-14-16(3)7-9/h6-7H,4-5H2,1-3H3,(H,13,15). The molecule has 0 amide bonds. The number of aromatic nitrogens is 3. The second-order valence-electron chi connectivity index (χ2n) is 4.02. The fourth-order valence-corrected chi connectivity index (χ4v) is 2.40. The normalized spacial score (nSPS) is 10.5. The van der Waals surface area contributed by atoms with E-state index in [1.807, 2.05) is 20.2 Å². The molecule has 0 bridgehead atoms. The van der Waals surface area contributed by atoms with E-state index in [0.29, 0.717) is 24.0 Å². The molecule has 0 unspecified atom stereocenters. The molecule has 6 nitrogen and oxygen atoms in total. The first-order valence-corrected chi connectivity index (χ1v) is 6.77. The SMILES string of the molecule is CCOC(=O)c1nc(NCc2cnn(C)c2)sc1C. The second-order valence-corrected chi connectivity index (χ2v) is 5.22. The van der Waals surface area contributed by atoms with Crippen molar-refractivity contribution in [2.45, 2.75) is 20.4 Å². The lowest BCUT2D eigenvalue weighted by Crippen LogP contribution is -2.07. The van der Waals surface area contributed by atoms with Gasteiger partial charge in [-0.15, -0.1) is 11.3 Å². The molecule has 0 radical (unpaired) electrons. The lowest BCUT2D eigenvalue weighted by atomic mass is 10.4. The quantitative estimate of drug-likeness (QED) is 0.848. The topological polar surface area (TPSA) is 69.0 Å². The van der Waals surface area contributed by atoms with Crippen LogP contribution in [-0.2, 0) is 18.3 Å². The van der Waals surface area contributed by atoms with E-state index in [4.69, 9.17) is 4.74 Å². The van der Waals surface area contributed by atoms with Gasteiger partial charge < -0.3 is 10.1 Å². The largest absolute Gasteiger partial charge is 0.461 e. The molecule has 7 heteroatoms. The van der Waals surface area contributed by atoms with Crippen molar-refractivity contribution in [1.82, 2.24) is 14.8 Å². The fraction of sp³-hybridized carbons (Fsp3) is 0.417. The molecule has 2 aromatic heterocycles. The van der Waals surface area contributed by atoms with Gasteiger partial charge >= 0.3 is 5.97 Å². The van der Waals surface area contributed by atoms with E-state index in [9.17, 15) is 4.79 Å². The summed E-state index contributed by atoms with van der Waals surface area (Å²) < 4.78 is 6.70. The lowest BCUT2D eigenvalue weighted by Gasteiger charge is -1.99. The van der Waals surface area contributed by atoms with E-state index < -0.39 is 0 Å². The number of anilines is 1. The van der Waals surface area contributed by atoms with E-state index in [2.05, 4.69) is 15.4 Å². The molecule has 0 fully saturated rings. The summed E-state index contributed by atoms with van der Waals surface area (Å²) in [4.78, 5) is 16.7. The average Bonchev–Trinajstić information content (AvgIpc) is 2.93. The minimum Gasteiger partial charge on any atom is -0.461 e. The number of nitrogens with one attached hydrogen (secondary N) is 1. The Morgan fingerprint density at radius 1 is 1.58 bits per heavy atom. The number of ether oxygens (including phenoxy) is 1. The Hall–Kier alpha value is -1.89. The Kier molecular flexibility index (Phi) is 4.16. The summed E-state index contributed by atoms with van der Waals surface area (Å²) in [5.74, 6) is -0.370. The zero-order valence-corrected chi connectivity index (χ0v) is 12.0. The molecule has 0 atom stereocenters. The summed E-state index contributed by atoms with van der Waals surface area (Å²) >= 11 is 1.44. The molecular formula is C12H16N4O2S. The third kappa shape index (κ3) is 3.31. The number of carbonyl (C=O) groups is 1. The van der Waals surface area contributed by atoms with Gasteiger partial charge in [0.05, 0.1) is 12.8 Å². The van der Waals surface area contributed by atoms with Crippen molar-refractivity contribution >= 4 is 22.4 Å². The van der Waals surface area contributed by atoms with Crippen LogP contribution in [0.2, 0.25) is 0 Å².